The number of sulfonamides is 1. The maximum absolute atomic E-state index is 12.5. The third-order valence-corrected chi connectivity index (χ3v) is 5.87. The van der Waals surface area contributed by atoms with Crippen molar-refractivity contribution in [1.82, 2.24) is 9.21 Å². The Morgan fingerprint density at radius 1 is 0.957 bits per heavy atom. The third kappa shape index (κ3) is 3.55. The zero-order chi connectivity index (χ0) is 16.3. The van der Waals surface area contributed by atoms with Crippen molar-refractivity contribution >= 4 is 15.9 Å². The lowest BCUT2D eigenvalue weighted by molar-refractivity contribution is -0.00571. The number of benzene rings is 1. The lowest BCUT2D eigenvalue weighted by Gasteiger charge is -2.27. The smallest absolute Gasteiger partial charge is 0.255 e. The minimum Gasteiger partial charge on any atom is -0.379 e. The highest BCUT2D eigenvalue weighted by Crippen LogP contribution is 2.18. The average molecular weight is 340 g/mol. The van der Waals surface area contributed by atoms with Crippen molar-refractivity contribution in [3.05, 3.63) is 29.8 Å². The summed E-state index contributed by atoms with van der Waals surface area (Å²) in [4.78, 5) is 14.2. The Balaban J connectivity index is 1.74. The fourth-order valence-electron chi connectivity index (χ4n) is 2.65. The summed E-state index contributed by atoms with van der Waals surface area (Å²) in [5, 5.41) is 0. The van der Waals surface area contributed by atoms with Crippen LogP contribution in [0, 0.1) is 0 Å². The van der Waals surface area contributed by atoms with Crippen molar-refractivity contribution in [2.75, 3.05) is 46.2 Å². The number of hydrogen-bond acceptors (Lipinski definition) is 5. The molecule has 0 radical (unpaired) electrons. The Morgan fingerprint density at radius 3 is 2.26 bits per heavy atom. The van der Waals surface area contributed by atoms with Crippen LogP contribution in [-0.4, -0.2) is 69.7 Å². The topological polar surface area (TPSA) is 76.2 Å². The highest BCUT2D eigenvalue weighted by atomic mass is 32.2. The molecule has 0 aromatic heterocycles. The molecule has 23 heavy (non-hydrogen) atoms. The first-order valence-corrected chi connectivity index (χ1v) is 9.08. The van der Waals surface area contributed by atoms with E-state index < -0.39 is 10.0 Å². The number of morpholine rings is 1. The van der Waals surface area contributed by atoms with E-state index in [0.717, 1.165) is 6.42 Å². The molecule has 0 spiro atoms. The first kappa shape index (κ1) is 16.4. The van der Waals surface area contributed by atoms with Crippen molar-refractivity contribution < 1.29 is 22.7 Å². The normalized spacial score (nSPS) is 20.4. The van der Waals surface area contributed by atoms with Gasteiger partial charge in [-0.05, 0) is 30.7 Å². The van der Waals surface area contributed by atoms with Gasteiger partial charge in [-0.2, -0.15) is 4.31 Å². The van der Waals surface area contributed by atoms with Gasteiger partial charge in [-0.3, -0.25) is 4.79 Å². The van der Waals surface area contributed by atoms with E-state index in [0.29, 0.717) is 45.0 Å². The number of rotatable bonds is 3. The van der Waals surface area contributed by atoms with Gasteiger partial charge in [-0.15, -0.1) is 0 Å². The summed E-state index contributed by atoms with van der Waals surface area (Å²) in [5.41, 5.74) is 0.469. The predicted molar refractivity (Wildman–Crippen MR) is 82.5 cm³/mol. The first-order valence-electron chi connectivity index (χ1n) is 7.64. The summed E-state index contributed by atoms with van der Waals surface area (Å²) >= 11 is 0. The molecule has 3 rings (SSSR count). The van der Waals surface area contributed by atoms with E-state index in [2.05, 4.69) is 0 Å². The van der Waals surface area contributed by atoms with Crippen molar-refractivity contribution in [3.8, 4) is 0 Å². The highest BCUT2D eigenvalue weighted by molar-refractivity contribution is 7.89. The van der Waals surface area contributed by atoms with Crippen LogP contribution in [-0.2, 0) is 19.5 Å². The van der Waals surface area contributed by atoms with Gasteiger partial charge in [0.15, 0.2) is 0 Å². The molecule has 2 saturated heterocycles. The Labute approximate surface area is 135 Å². The number of hydrogen-bond donors (Lipinski definition) is 0. The fraction of sp³-hybridized carbons (Fsp3) is 0.533. The summed E-state index contributed by atoms with van der Waals surface area (Å²) < 4.78 is 36.9. The standard InChI is InChI=1S/C15H20N2O5S/c18-15(16-6-1-9-22-12-16)13-2-4-14(5-3-13)23(19,20)17-7-10-21-11-8-17/h2-5H,1,6-12H2. The van der Waals surface area contributed by atoms with Crippen LogP contribution in [0.4, 0.5) is 0 Å². The Morgan fingerprint density at radius 2 is 1.65 bits per heavy atom. The molecule has 0 saturated carbocycles. The van der Waals surface area contributed by atoms with Gasteiger partial charge in [-0.25, -0.2) is 8.42 Å². The van der Waals surface area contributed by atoms with Crippen LogP contribution < -0.4 is 0 Å². The molecule has 8 heteroatoms. The molecule has 0 atom stereocenters. The van der Waals surface area contributed by atoms with Crippen LogP contribution >= 0.6 is 0 Å². The Kier molecular flexibility index (Phi) is 4.96. The monoisotopic (exact) mass is 340 g/mol. The number of ether oxygens (including phenoxy) is 2. The molecule has 0 N–H and O–H groups in total. The van der Waals surface area contributed by atoms with Gasteiger partial charge in [0.2, 0.25) is 10.0 Å². The minimum absolute atomic E-state index is 0.139. The van der Waals surface area contributed by atoms with Crippen LogP contribution in [0.2, 0.25) is 0 Å². The van der Waals surface area contributed by atoms with Gasteiger partial charge in [0.25, 0.3) is 5.91 Å². The lowest BCUT2D eigenvalue weighted by Crippen LogP contribution is -2.40. The van der Waals surface area contributed by atoms with Crippen molar-refractivity contribution in [2.24, 2.45) is 0 Å². The largest absolute Gasteiger partial charge is 0.379 e. The summed E-state index contributed by atoms with van der Waals surface area (Å²) in [7, 11) is -3.53. The molecule has 126 valence electrons. The molecule has 2 aliphatic heterocycles. The van der Waals surface area contributed by atoms with Crippen LogP contribution in [0.25, 0.3) is 0 Å². The second-order valence-corrected chi connectivity index (χ2v) is 7.44. The fourth-order valence-corrected chi connectivity index (χ4v) is 4.05. The second-order valence-electron chi connectivity index (χ2n) is 5.50. The third-order valence-electron chi connectivity index (χ3n) is 3.96. The highest BCUT2D eigenvalue weighted by Gasteiger charge is 2.26. The summed E-state index contributed by atoms with van der Waals surface area (Å²) in [6, 6.07) is 6.10. The molecular weight excluding hydrogens is 320 g/mol. The van der Waals surface area contributed by atoms with Crippen LogP contribution in [0.3, 0.4) is 0 Å². The molecule has 0 aliphatic carbocycles. The number of carbonyl (C=O) groups is 1. The minimum atomic E-state index is -3.53. The zero-order valence-electron chi connectivity index (χ0n) is 12.8. The summed E-state index contributed by atoms with van der Waals surface area (Å²) in [6.07, 6.45) is 0.815. The Bertz CT molecular complexity index is 647. The van der Waals surface area contributed by atoms with Crippen molar-refractivity contribution in [1.29, 1.82) is 0 Å². The molecule has 0 bridgehead atoms. The zero-order valence-corrected chi connectivity index (χ0v) is 13.6. The molecule has 1 amide bonds. The number of carbonyl (C=O) groups excluding carboxylic acids is 1. The van der Waals surface area contributed by atoms with Crippen molar-refractivity contribution in [3.63, 3.8) is 0 Å². The maximum Gasteiger partial charge on any atom is 0.255 e. The van der Waals surface area contributed by atoms with Crippen LogP contribution in [0.15, 0.2) is 29.2 Å². The Hall–Kier alpha value is -1.48. The summed E-state index contributed by atoms with van der Waals surface area (Å²) in [6.45, 7) is 3.14. The second kappa shape index (κ2) is 6.96. The van der Waals surface area contributed by atoms with Gasteiger partial charge in [0, 0.05) is 25.2 Å². The molecule has 2 heterocycles. The van der Waals surface area contributed by atoms with E-state index in [9.17, 15) is 13.2 Å². The van der Waals surface area contributed by atoms with Crippen molar-refractivity contribution in [2.45, 2.75) is 11.3 Å². The van der Waals surface area contributed by atoms with Gasteiger partial charge in [0.05, 0.1) is 24.7 Å². The van der Waals surface area contributed by atoms with Crippen LogP contribution in [0.5, 0.6) is 0 Å². The quantitative estimate of drug-likeness (QED) is 0.802. The SMILES string of the molecule is O=C(c1ccc(S(=O)(=O)N2CCOCC2)cc1)N1CCCOC1. The van der Waals surface area contributed by atoms with Gasteiger partial charge in [-0.1, -0.05) is 0 Å². The molecular formula is C15H20N2O5S. The average Bonchev–Trinajstić information content (AvgIpc) is 2.63. The van der Waals surface area contributed by atoms with Crippen LogP contribution in [0.1, 0.15) is 16.8 Å². The van der Waals surface area contributed by atoms with E-state index in [-0.39, 0.29) is 17.5 Å². The van der Waals surface area contributed by atoms with E-state index >= 15 is 0 Å². The van der Waals surface area contributed by atoms with Gasteiger partial charge < -0.3 is 14.4 Å². The number of nitrogens with zero attached hydrogens (tertiary/aromatic N) is 2. The molecule has 0 unspecified atom stereocenters. The molecule has 7 nitrogen and oxygen atoms in total. The number of amides is 1. The van der Waals surface area contributed by atoms with Gasteiger partial charge >= 0.3 is 0 Å². The maximum atomic E-state index is 12.5. The van der Waals surface area contributed by atoms with E-state index in [4.69, 9.17) is 9.47 Å². The predicted octanol–water partition coefficient (Wildman–Crippen LogP) is 0.527. The van der Waals surface area contributed by atoms with Gasteiger partial charge in [0.1, 0.15) is 6.73 Å². The molecule has 1 aromatic carbocycles. The lowest BCUT2D eigenvalue weighted by atomic mass is 10.2. The summed E-state index contributed by atoms with van der Waals surface area (Å²) in [5.74, 6) is -0.139. The van der Waals surface area contributed by atoms with E-state index in [1.807, 2.05) is 0 Å². The first-order chi connectivity index (χ1) is 11.1. The molecule has 1 aromatic rings. The van der Waals surface area contributed by atoms with E-state index in [1.165, 1.54) is 16.4 Å². The molecule has 2 fully saturated rings. The molecule has 2 aliphatic rings. The van der Waals surface area contributed by atoms with E-state index in [1.54, 1.807) is 17.0 Å².